The van der Waals surface area contributed by atoms with Crippen LogP contribution in [0.2, 0.25) is 0 Å². The maximum absolute atomic E-state index is 5.77. The second kappa shape index (κ2) is 4.81. The fourth-order valence-electron chi connectivity index (χ4n) is 2.10. The fourth-order valence-corrected chi connectivity index (χ4v) is 3.72. The fraction of sp³-hybridized carbons (Fsp3) is 0.455. The average Bonchev–Trinajstić information content (AvgIpc) is 2.69. The minimum atomic E-state index is 0.0385. The Kier molecular flexibility index (Phi) is 3.36. The lowest BCUT2D eigenvalue weighted by Gasteiger charge is -2.22. The first-order valence-corrected chi connectivity index (χ1v) is 7.44. The second-order valence-electron chi connectivity index (χ2n) is 4.05. The molecule has 0 aromatic carbocycles. The molecule has 2 aromatic rings. The molecular weight excluding hydrogens is 397 g/mol. The lowest BCUT2D eigenvalue weighted by molar-refractivity contribution is -0.0372. The first-order chi connectivity index (χ1) is 8.27. The molecule has 3 heterocycles. The predicted molar refractivity (Wildman–Crippen MR) is 76.8 cm³/mol. The summed E-state index contributed by atoms with van der Waals surface area (Å²) in [5.74, 6) is 0. The Morgan fingerprint density at radius 2 is 2.35 bits per heavy atom. The van der Waals surface area contributed by atoms with E-state index in [1.807, 2.05) is 10.7 Å². The number of ether oxygens (including phenoxy) is 1. The van der Waals surface area contributed by atoms with E-state index in [1.165, 1.54) is 6.42 Å². The number of nitrogens with zero attached hydrogens (tertiary/aromatic N) is 3. The van der Waals surface area contributed by atoms with Crippen LogP contribution >= 0.6 is 38.5 Å². The van der Waals surface area contributed by atoms with Gasteiger partial charge in [0.2, 0.25) is 0 Å². The molecule has 1 unspecified atom stereocenters. The van der Waals surface area contributed by atoms with Gasteiger partial charge in [0.15, 0.2) is 11.9 Å². The summed E-state index contributed by atoms with van der Waals surface area (Å²) in [5, 5.41) is 5.63. The lowest BCUT2D eigenvalue weighted by atomic mass is 10.2. The van der Waals surface area contributed by atoms with Crippen molar-refractivity contribution in [2.24, 2.45) is 0 Å². The molecule has 2 aromatic heterocycles. The third-order valence-corrected chi connectivity index (χ3v) is 4.34. The summed E-state index contributed by atoms with van der Waals surface area (Å²) in [6, 6.07) is 1.94. The summed E-state index contributed by atoms with van der Waals surface area (Å²) in [5.41, 5.74) is 0.899. The highest BCUT2D eigenvalue weighted by atomic mass is 127. The SMILES string of the molecule is Brc1ccnc2c1c(I)nn2C1CCCCO1. The average molecular weight is 408 g/mol. The summed E-state index contributed by atoms with van der Waals surface area (Å²) in [7, 11) is 0. The Labute approximate surface area is 121 Å². The first-order valence-electron chi connectivity index (χ1n) is 5.57. The molecule has 3 rings (SSSR count). The summed E-state index contributed by atoms with van der Waals surface area (Å²) >= 11 is 5.79. The number of rotatable bonds is 1. The van der Waals surface area contributed by atoms with Gasteiger partial charge in [0.1, 0.15) is 3.70 Å². The molecule has 6 heteroatoms. The van der Waals surface area contributed by atoms with Crippen LogP contribution < -0.4 is 0 Å². The van der Waals surface area contributed by atoms with E-state index in [2.05, 4.69) is 48.6 Å². The molecule has 1 fully saturated rings. The van der Waals surface area contributed by atoms with E-state index < -0.39 is 0 Å². The van der Waals surface area contributed by atoms with Gasteiger partial charge in [0, 0.05) is 17.3 Å². The normalized spacial score (nSPS) is 20.9. The summed E-state index contributed by atoms with van der Waals surface area (Å²) < 4.78 is 9.69. The molecule has 0 bridgehead atoms. The van der Waals surface area contributed by atoms with Crippen molar-refractivity contribution in [3.05, 3.63) is 20.4 Å². The highest BCUT2D eigenvalue weighted by Gasteiger charge is 2.21. The van der Waals surface area contributed by atoms with E-state index in [9.17, 15) is 0 Å². The van der Waals surface area contributed by atoms with E-state index in [-0.39, 0.29) is 6.23 Å². The van der Waals surface area contributed by atoms with Gasteiger partial charge in [0.25, 0.3) is 0 Å². The van der Waals surface area contributed by atoms with Crippen molar-refractivity contribution in [3.8, 4) is 0 Å². The second-order valence-corrected chi connectivity index (χ2v) is 5.92. The standard InChI is InChI=1S/C11H11BrIN3O/c12-7-4-5-14-11-9(7)10(13)15-16(11)8-3-1-2-6-17-8/h4-5,8H,1-3,6H2. The van der Waals surface area contributed by atoms with E-state index in [1.54, 1.807) is 6.20 Å². The van der Waals surface area contributed by atoms with E-state index in [0.29, 0.717) is 0 Å². The third kappa shape index (κ3) is 2.10. The van der Waals surface area contributed by atoms with Crippen molar-refractivity contribution in [1.82, 2.24) is 14.8 Å². The maximum atomic E-state index is 5.77. The van der Waals surface area contributed by atoms with E-state index >= 15 is 0 Å². The van der Waals surface area contributed by atoms with Crippen molar-refractivity contribution >= 4 is 49.6 Å². The maximum Gasteiger partial charge on any atom is 0.162 e. The lowest BCUT2D eigenvalue weighted by Crippen LogP contribution is -2.19. The molecule has 0 N–H and O–H groups in total. The molecule has 4 nitrogen and oxygen atoms in total. The first kappa shape index (κ1) is 11.9. The number of pyridine rings is 1. The van der Waals surface area contributed by atoms with E-state index in [0.717, 1.165) is 38.7 Å². The van der Waals surface area contributed by atoms with Crippen LogP contribution in [0.15, 0.2) is 16.7 Å². The Morgan fingerprint density at radius 1 is 1.47 bits per heavy atom. The minimum Gasteiger partial charge on any atom is -0.356 e. The molecular formula is C11H11BrIN3O. The van der Waals surface area contributed by atoms with Crippen molar-refractivity contribution in [2.75, 3.05) is 6.61 Å². The molecule has 0 saturated carbocycles. The molecule has 90 valence electrons. The topological polar surface area (TPSA) is 39.9 Å². The van der Waals surface area contributed by atoms with Gasteiger partial charge in [-0.3, -0.25) is 0 Å². The van der Waals surface area contributed by atoms with Gasteiger partial charge in [-0.15, -0.1) is 0 Å². The molecule has 17 heavy (non-hydrogen) atoms. The van der Waals surface area contributed by atoms with Crippen molar-refractivity contribution in [3.63, 3.8) is 0 Å². The molecule has 0 radical (unpaired) electrons. The number of halogens is 2. The van der Waals surface area contributed by atoms with Crippen LogP contribution in [-0.2, 0) is 4.74 Å². The Balaban J connectivity index is 2.13. The van der Waals surface area contributed by atoms with Gasteiger partial charge in [0.05, 0.1) is 5.39 Å². The Hall–Kier alpha value is -0.210. The van der Waals surface area contributed by atoms with Gasteiger partial charge < -0.3 is 4.74 Å². The zero-order chi connectivity index (χ0) is 11.8. The van der Waals surface area contributed by atoms with Crippen LogP contribution in [0.5, 0.6) is 0 Å². The molecule has 0 aliphatic carbocycles. The van der Waals surface area contributed by atoms with Gasteiger partial charge in [-0.05, 0) is 63.8 Å². The molecule has 1 saturated heterocycles. The smallest absolute Gasteiger partial charge is 0.162 e. The quantitative estimate of drug-likeness (QED) is 0.679. The third-order valence-electron chi connectivity index (χ3n) is 2.93. The van der Waals surface area contributed by atoms with Crippen LogP contribution in [-0.4, -0.2) is 21.4 Å². The number of aromatic nitrogens is 3. The van der Waals surface area contributed by atoms with Gasteiger partial charge >= 0.3 is 0 Å². The van der Waals surface area contributed by atoms with Crippen LogP contribution in [0.4, 0.5) is 0 Å². The van der Waals surface area contributed by atoms with Gasteiger partial charge in [-0.1, -0.05) is 0 Å². The highest BCUT2D eigenvalue weighted by molar-refractivity contribution is 14.1. The van der Waals surface area contributed by atoms with Gasteiger partial charge in [-0.2, -0.15) is 5.10 Å². The van der Waals surface area contributed by atoms with Crippen LogP contribution in [0.1, 0.15) is 25.5 Å². The van der Waals surface area contributed by atoms with Crippen molar-refractivity contribution < 1.29 is 4.74 Å². The highest BCUT2D eigenvalue weighted by Crippen LogP contribution is 2.31. The number of fused-ring (bicyclic) bond motifs is 1. The van der Waals surface area contributed by atoms with Crippen LogP contribution in [0.25, 0.3) is 11.0 Å². The molecule has 0 amide bonds. The largest absolute Gasteiger partial charge is 0.356 e. The van der Waals surface area contributed by atoms with Crippen molar-refractivity contribution in [1.29, 1.82) is 0 Å². The van der Waals surface area contributed by atoms with Gasteiger partial charge in [-0.25, -0.2) is 9.67 Å². The van der Waals surface area contributed by atoms with Crippen molar-refractivity contribution in [2.45, 2.75) is 25.5 Å². The zero-order valence-corrected chi connectivity index (χ0v) is 12.8. The summed E-state index contributed by atoms with van der Waals surface area (Å²) in [6.07, 6.45) is 5.18. The summed E-state index contributed by atoms with van der Waals surface area (Å²) in [6.45, 7) is 0.816. The monoisotopic (exact) mass is 407 g/mol. The van der Waals surface area contributed by atoms with Crippen LogP contribution in [0, 0.1) is 3.70 Å². The number of hydrogen-bond acceptors (Lipinski definition) is 3. The Morgan fingerprint density at radius 3 is 3.12 bits per heavy atom. The summed E-state index contributed by atoms with van der Waals surface area (Å²) in [4.78, 5) is 4.42. The van der Waals surface area contributed by atoms with Crippen LogP contribution in [0.3, 0.4) is 0 Å². The molecule has 0 spiro atoms. The Bertz CT molecular complexity index is 551. The zero-order valence-electron chi connectivity index (χ0n) is 9.07. The number of hydrogen-bond donors (Lipinski definition) is 0. The predicted octanol–water partition coefficient (Wildman–Crippen LogP) is 3.50. The molecule has 1 atom stereocenters. The minimum absolute atomic E-state index is 0.0385. The van der Waals surface area contributed by atoms with E-state index in [4.69, 9.17) is 4.74 Å². The molecule has 1 aliphatic rings. The molecule has 1 aliphatic heterocycles.